The third-order valence-electron chi connectivity index (χ3n) is 4.01. The number of rotatable bonds is 5. The first kappa shape index (κ1) is 18.1. The van der Waals surface area contributed by atoms with E-state index < -0.39 is 5.97 Å². The van der Waals surface area contributed by atoms with Gasteiger partial charge in [0, 0.05) is 9.86 Å². The quantitative estimate of drug-likeness (QED) is 0.335. The van der Waals surface area contributed by atoms with E-state index in [0.717, 1.165) is 21.0 Å². The summed E-state index contributed by atoms with van der Waals surface area (Å²) in [6.45, 7) is 3.58. The number of aldehydes is 1. The third-order valence-corrected chi connectivity index (χ3v) is 4.47. The molecule has 0 atom stereocenters. The van der Waals surface area contributed by atoms with Gasteiger partial charge in [-0.3, -0.25) is 4.79 Å². The number of carbonyl (C=O) groups is 2. The van der Waals surface area contributed by atoms with Gasteiger partial charge in [0.25, 0.3) is 0 Å². The molecule has 0 aliphatic heterocycles. The van der Waals surface area contributed by atoms with Crippen LogP contribution in [-0.2, 0) is 4.79 Å². The smallest absolute Gasteiger partial charge is 0.349 e. The van der Waals surface area contributed by atoms with Crippen molar-refractivity contribution in [3.8, 4) is 11.5 Å². The molecule has 3 rings (SSSR count). The van der Waals surface area contributed by atoms with E-state index in [9.17, 15) is 9.59 Å². The Balaban J connectivity index is 1.81. The Morgan fingerprint density at radius 2 is 1.73 bits per heavy atom. The van der Waals surface area contributed by atoms with Crippen LogP contribution in [0, 0.1) is 13.8 Å². The Bertz CT molecular complexity index is 971. The first-order chi connectivity index (χ1) is 12.5. The van der Waals surface area contributed by atoms with Crippen LogP contribution >= 0.6 is 15.9 Å². The molecule has 0 N–H and O–H groups in total. The molecule has 0 spiro atoms. The lowest BCUT2D eigenvalue weighted by Gasteiger charge is -2.13. The predicted molar refractivity (Wildman–Crippen MR) is 104 cm³/mol. The minimum absolute atomic E-state index is 0.245. The number of aryl methyl sites for hydroxylation is 2. The summed E-state index contributed by atoms with van der Waals surface area (Å²) in [6, 6.07) is 14.7. The number of ether oxygens (including phenoxy) is 2. The second-order valence-corrected chi connectivity index (χ2v) is 6.87. The molecule has 0 heterocycles. The van der Waals surface area contributed by atoms with E-state index in [0.29, 0.717) is 23.0 Å². The van der Waals surface area contributed by atoms with E-state index in [-0.39, 0.29) is 12.4 Å². The lowest BCUT2D eigenvalue weighted by molar-refractivity contribution is -0.136. The molecule has 4 nitrogen and oxygen atoms in total. The van der Waals surface area contributed by atoms with Crippen molar-refractivity contribution in [1.29, 1.82) is 0 Å². The fourth-order valence-electron chi connectivity index (χ4n) is 2.87. The molecule has 3 aromatic carbocycles. The number of halogens is 1. The average molecular weight is 413 g/mol. The first-order valence-electron chi connectivity index (χ1n) is 8.06. The zero-order valence-corrected chi connectivity index (χ0v) is 16.0. The highest BCUT2D eigenvalue weighted by molar-refractivity contribution is 9.10. The highest BCUT2D eigenvalue weighted by Crippen LogP contribution is 2.30. The summed E-state index contributed by atoms with van der Waals surface area (Å²) in [6.07, 6.45) is 0.679. The Kier molecular flexibility index (Phi) is 5.38. The Hall–Kier alpha value is -2.66. The van der Waals surface area contributed by atoms with Gasteiger partial charge in [0.15, 0.2) is 12.9 Å². The topological polar surface area (TPSA) is 52.6 Å². The van der Waals surface area contributed by atoms with Crippen molar-refractivity contribution in [2.24, 2.45) is 0 Å². The SMILES string of the molecule is Cc1cc(Br)cc(C)c1OCC(=O)Oc1c(C=O)ccc2ccccc12. The molecule has 5 heteroatoms. The molecule has 0 saturated carbocycles. The van der Waals surface area contributed by atoms with E-state index in [1.165, 1.54) is 0 Å². The molecule has 0 radical (unpaired) electrons. The van der Waals surface area contributed by atoms with Gasteiger partial charge in [-0.05, 0) is 48.6 Å². The van der Waals surface area contributed by atoms with Crippen molar-refractivity contribution < 1.29 is 19.1 Å². The molecular weight excluding hydrogens is 396 g/mol. The zero-order valence-electron chi connectivity index (χ0n) is 14.4. The standard InChI is InChI=1S/C21H17BrO4/c1-13-9-17(22)10-14(2)20(13)25-12-19(24)26-21-16(11-23)8-7-15-5-3-4-6-18(15)21/h3-11H,12H2,1-2H3. The van der Waals surface area contributed by atoms with Gasteiger partial charge in [-0.15, -0.1) is 0 Å². The maximum atomic E-state index is 12.3. The summed E-state index contributed by atoms with van der Waals surface area (Å²) in [5.41, 5.74) is 2.17. The number of esters is 1. The predicted octanol–water partition coefficient (Wildman–Crippen LogP) is 5.02. The van der Waals surface area contributed by atoms with Crippen LogP contribution in [0.15, 0.2) is 53.0 Å². The van der Waals surface area contributed by atoms with Crippen molar-refractivity contribution in [1.82, 2.24) is 0 Å². The zero-order chi connectivity index (χ0) is 18.7. The van der Waals surface area contributed by atoms with Crippen LogP contribution < -0.4 is 9.47 Å². The molecule has 0 amide bonds. The fourth-order valence-corrected chi connectivity index (χ4v) is 3.55. The second kappa shape index (κ2) is 7.70. The number of hydrogen-bond donors (Lipinski definition) is 0. The maximum absolute atomic E-state index is 12.3. The maximum Gasteiger partial charge on any atom is 0.349 e. The molecule has 132 valence electrons. The Morgan fingerprint density at radius 1 is 1.04 bits per heavy atom. The van der Waals surface area contributed by atoms with E-state index in [1.807, 2.05) is 56.3 Å². The van der Waals surface area contributed by atoms with Gasteiger partial charge in [0.05, 0.1) is 5.56 Å². The van der Waals surface area contributed by atoms with Crippen molar-refractivity contribution >= 4 is 39.0 Å². The number of hydrogen-bond acceptors (Lipinski definition) is 4. The fraction of sp³-hybridized carbons (Fsp3) is 0.143. The van der Waals surface area contributed by atoms with E-state index >= 15 is 0 Å². The van der Waals surface area contributed by atoms with Crippen LogP contribution in [-0.4, -0.2) is 18.9 Å². The van der Waals surface area contributed by atoms with Crippen LogP contribution in [0.25, 0.3) is 10.8 Å². The van der Waals surface area contributed by atoms with E-state index in [4.69, 9.17) is 9.47 Å². The second-order valence-electron chi connectivity index (χ2n) is 5.95. The van der Waals surface area contributed by atoms with Crippen molar-refractivity contribution in [3.05, 3.63) is 69.7 Å². The van der Waals surface area contributed by atoms with Crippen molar-refractivity contribution in [3.63, 3.8) is 0 Å². The van der Waals surface area contributed by atoms with E-state index in [1.54, 1.807) is 6.07 Å². The van der Waals surface area contributed by atoms with Gasteiger partial charge >= 0.3 is 5.97 Å². The number of benzene rings is 3. The first-order valence-corrected chi connectivity index (χ1v) is 8.86. The molecule has 26 heavy (non-hydrogen) atoms. The summed E-state index contributed by atoms with van der Waals surface area (Å²) in [5, 5.41) is 1.60. The van der Waals surface area contributed by atoms with Gasteiger partial charge in [0.2, 0.25) is 0 Å². The molecule has 3 aromatic rings. The minimum Gasteiger partial charge on any atom is -0.481 e. The highest BCUT2D eigenvalue weighted by Gasteiger charge is 2.15. The molecule has 0 saturated heterocycles. The lowest BCUT2D eigenvalue weighted by atomic mass is 10.1. The summed E-state index contributed by atoms with van der Waals surface area (Å²) >= 11 is 3.43. The van der Waals surface area contributed by atoms with Crippen LogP contribution in [0.2, 0.25) is 0 Å². The van der Waals surface area contributed by atoms with Crippen molar-refractivity contribution in [2.45, 2.75) is 13.8 Å². The monoisotopic (exact) mass is 412 g/mol. The van der Waals surface area contributed by atoms with Crippen LogP contribution in [0.5, 0.6) is 11.5 Å². The van der Waals surface area contributed by atoms with Gasteiger partial charge < -0.3 is 9.47 Å². The summed E-state index contributed by atoms with van der Waals surface area (Å²) in [7, 11) is 0. The average Bonchev–Trinajstić information content (AvgIpc) is 2.61. The number of fused-ring (bicyclic) bond motifs is 1. The van der Waals surface area contributed by atoms with Gasteiger partial charge in [-0.1, -0.05) is 46.3 Å². The van der Waals surface area contributed by atoms with Crippen LogP contribution in [0.4, 0.5) is 0 Å². The minimum atomic E-state index is -0.564. The Labute approximate surface area is 159 Å². The Morgan fingerprint density at radius 3 is 2.42 bits per heavy atom. The van der Waals surface area contributed by atoms with Gasteiger partial charge in [-0.2, -0.15) is 0 Å². The summed E-state index contributed by atoms with van der Waals surface area (Å²) in [5.74, 6) is 0.348. The van der Waals surface area contributed by atoms with Crippen molar-refractivity contribution in [2.75, 3.05) is 6.61 Å². The largest absolute Gasteiger partial charge is 0.481 e. The summed E-state index contributed by atoms with van der Waals surface area (Å²) in [4.78, 5) is 23.6. The molecule has 0 aliphatic carbocycles. The molecular formula is C21H17BrO4. The molecule has 0 unspecified atom stereocenters. The summed E-state index contributed by atoms with van der Waals surface area (Å²) < 4.78 is 12.1. The van der Waals surface area contributed by atoms with Gasteiger partial charge in [0.1, 0.15) is 11.5 Å². The van der Waals surface area contributed by atoms with E-state index in [2.05, 4.69) is 15.9 Å². The molecule has 0 aromatic heterocycles. The molecule has 0 bridgehead atoms. The highest BCUT2D eigenvalue weighted by atomic mass is 79.9. The third kappa shape index (κ3) is 3.78. The van der Waals surface area contributed by atoms with Crippen LogP contribution in [0.3, 0.4) is 0 Å². The number of carbonyl (C=O) groups excluding carboxylic acids is 2. The molecule has 0 aliphatic rings. The normalized spacial score (nSPS) is 10.6. The van der Waals surface area contributed by atoms with Gasteiger partial charge in [-0.25, -0.2) is 4.79 Å². The molecule has 0 fully saturated rings. The van der Waals surface area contributed by atoms with Crippen LogP contribution in [0.1, 0.15) is 21.5 Å². The lowest BCUT2D eigenvalue weighted by Crippen LogP contribution is -2.19.